The van der Waals surface area contributed by atoms with Gasteiger partial charge in [0.05, 0.1) is 5.39 Å². The molecule has 0 saturated carbocycles. The number of nitrogens with one attached hydrogen (secondary N) is 1. The van der Waals surface area contributed by atoms with E-state index in [1.54, 1.807) is 11.3 Å². The molecule has 0 amide bonds. The molecule has 6 heteroatoms. The maximum absolute atomic E-state index is 4.67. The van der Waals surface area contributed by atoms with Gasteiger partial charge in [-0.2, -0.15) is 16.7 Å². The fourth-order valence-corrected chi connectivity index (χ4v) is 3.74. The number of hydrogen-bond acceptors (Lipinski definition) is 6. The quantitative estimate of drug-likeness (QED) is 0.884. The van der Waals surface area contributed by atoms with E-state index in [4.69, 9.17) is 0 Å². The van der Waals surface area contributed by atoms with Gasteiger partial charge in [-0.1, -0.05) is 6.92 Å². The summed E-state index contributed by atoms with van der Waals surface area (Å²) in [6, 6.07) is 2.68. The van der Waals surface area contributed by atoms with E-state index in [2.05, 4.69) is 53.4 Å². The lowest BCUT2D eigenvalue weighted by Gasteiger charge is -2.26. The number of hydrogen-bond donors (Lipinski definition) is 1. The van der Waals surface area contributed by atoms with Crippen LogP contribution in [0.3, 0.4) is 0 Å². The summed E-state index contributed by atoms with van der Waals surface area (Å²) in [7, 11) is 3.98. The minimum absolute atomic E-state index is 0.442. The highest BCUT2D eigenvalue weighted by Gasteiger charge is 2.17. The number of aromatic nitrogens is 2. The number of nitrogens with zero attached hydrogens (tertiary/aromatic N) is 3. The third-order valence-corrected chi connectivity index (χ3v) is 5.39. The normalized spacial score (nSPS) is 12.7. The van der Waals surface area contributed by atoms with Crippen molar-refractivity contribution in [2.45, 2.75) is 26.3 Å². The van der Waals surface area contributed by atoms with Crippen LogP contribution in [0.4, 0.5) is 11.8 Å². The van der Waals surface area contributed by atoms with Crippen LogP contribution in [0.5, 0.6) is 0 Å². The van der Waals surface area contributed by atoms with Crippen molar-refractivity contribution in [1.29, 1.82) is 0 Å². The van der Waals surface area contributed by atoms with E-state index in [9.17, 15) is 0 Å². The maximum Gasteiger partial charge on any atom is 0.225 e. The molecule has 1 unspecified atom stereocenters. The van der Waals surface area contributed by atoms with Gasteiger partial charge < -0.3 is 10.2 Å². The van der Waals surface area contributed by atoms with Gasteiger partial charge in [-0.25, -0.2) is 4.98 Å². The van der Waals surface area contributed by atoms with Crippen LogP contribution in [-0.2, 0) is 6.42 Å². The molecule has 0 spiro atoms. The summed E-state index contributed by atoms with van der Waals surface area (Å²) in [4.78, 5) is 13.9. The molecular formula is C14H22N4S2. The first-order chi connectivity index (χ1) is 9.60. The molecule has 0 aromatic carbocycles. The van der Waals surface area contributed by atoms with Crippen LogP contribution in [0.1, 0.15) is 18.7 Å². The number of rotatable bonds is 6. The van der Waals surface area contributed by atoms with Crippen molar-refractivity contribution in [3.8, 4) is 0 Å². The highest BCUT2D eigenvalue weighted by Crippen LogP contribution is 2.32. The standard InChI is InChI=1S/C14H22N4S2/c1-6-10-7-11-12(18(4)9(2)8-19-5)16-14(15-3)17-13(11)20-10/h7,9H,6,8H2,1-5H3,(H,15,16,17). The molecule has 0 saturated heterocycles. The van der Waals surface area contributed by atoms with E-state index >= 15 is 0 Å². The van der Waals surface area contributed by atoms with Crippen LogP contribution in [0, 0.1) is 0 Å². The van der Waals surface area contributed by atoms with E-state index in [-0.39, 0.29) is 0 Å². The molecular weight excluding hydrogens is 288 g/mol. The average Bonchev–Trinajstić information content (AvgIpc) is 2.88. The first-order valence-corrected chi connectivity index (χ1v) is 9.01. The van der Waals surface area contributed by atoms with Gasteiger partial charge in [0.15, 0.2) is 0 Å². The molecule has 20 heavy (non-hydrogen) atoms. The van der Waals surface area contributed by atoms with Crippen molar-refractivity contribution in [1.82, 2.24) is 9.97 Å². The van der Waals surface area contributed by atoms with E-state index in [1.165, 1.54) is 10.3 Å². The molecule has 0 aliphatic rings. The average molecular weight is 310 g/mol. The SMILES string of the molecule is CCc1cc2c(N(C)C(C)CSC)nc(NC)nc2s1. The smallest absolute Gasteiger partial charge is 0.225 e. The summed E-state index contributed by atoms with van der Waals surface area (Å²) in [6.45, 7) is 4.41. The van der Waals surface area contributed by atoms with Crippen molar-refractivity contribution in [3.63, 3.8) is 0 Å². The number of thioether (sulfide) groups is 1. The molecule has 2 rings (SSSR count). The Labute approximate surface area is 129 Å². The Balaban J connectivity index is 2.51. The van der Waals surface area contributed by atoms with Crippen LogP contribution >= 0.6 is 23.1 Å². The summed E-state index contributed by atoms with van der Waals surface area (Å²) < 4.78 is 0. The highest BCUT2D eigenvalue weighted by molar-refractivity contribution is 7.98. The summed E-state index contributed by atoms with van der Waals surface area (Å²) in [5, 5.41) is 4.23. The molecule has 0 aliphatic carbocycles. The van der Waals surface area contributed by atoms with Crippen LogP contribution in [-0.4, -0.2) is 42.1 Å². The zero-order valence-electron chi connectivity index (χ0n) is 12.7. The second kappa shape index (κ2) is 6.63. The Kier molecular flexibility index (Phi) is 5.10. The lowest BCUT2D eigenvalue weighted by molar-refractivity contribution is 0.756. The van der Waals surface area contributed by atoms with Crippen molar-refractivity contribution in [2.24, 2.45) is 0 Å². The highest BCUT2D eigenvalue weighted by atomic mass is 32.2. The number of thiophene rings is 1. The number of aryl methyl sites for hydroxylation is 1. The van der Waals surface area contributed by atoms with Crippen LogP contribution in [0.25, 0.3) is 10.2 Å². The Bertz CT molecular complexity index is 582. The third kappa shape index (κ3) is 3.01. The summed E-state index contributed by atoms with van der Waals surface area (Å²) >= 11 is 3.62. The van der Waals surface area contributed by atoms with Gasteiger partial charge in [0, 0.05) is 30.8 Å². The number of anilines is 2. The van der Waals surface area contributed by atoms with Gasteiger partial charge in [-0.3, -0.25) is 0 Å². The number of fused-ring (bicyclic) bond motifs is 1. The Morgan fingerprint density at radius 1 is 1.45 bits per heavy atom. The summed E-state index contributed by atoms with van der Waals surface area (Å²) in [5.74, 6) is 2.80. The van der Waals surface area contributed by atoms with Gasteiger partial charge in [0.2, 0.25) is 5.95 Å². The molecule has 1 atom stereocenters. The van der Waals surface area contributed by atoms with E-state index in [0.717, 1.165) is 22.8 Å². The molecule has 1 N–H and O–H groups in total. The minimum atomic E-state index is 0.442. The van der Waals surface area contributed by atoms with E-state index in [1.807, 2.05) is 18.8 Å². The minimum Gasteiger partial charge on any atom is -0.357 e. The molecule has 0 radical (unpaired) electrons. The predicted molar refractivity (Wildman–Crippen MR) is 92.6 cm³/mol. The van der Waals surface area contributed by atoms with Gasteiger partial charge in [0.1, 0.15) is 10.6 Å². The van der Waals surface area contributed by atoms with Crippen molar-refractivity contribution >= 4 is 45.1 Å². The molecule has 4 nitrogen and oxygen atoms in total. The molecule has 110 valence electrons. The van der Waals surface area contributed by atoms with E-state index < -0.39 is 0 Å². The van der Waals surface area contributed by atoms with Gasteiger partial charge in [-0.15, -0.1) is 11.3 Å². The molecule has 0 aliphatic heterocycles. The second-order valence-electron chi connectivity index (χ2n) is 4.82. The Morgan fingerprint density at radius 2 is 2.20 bits per heavy atom. The largest absolute Gasteiger partial charge is 0.357 e. The molecule has 2 aromatic rings. The Hall–Kier alpha value is -1.01. The van der Waals surface area contributed by atoms with Crippen molar-refractivity contribution in [3.05, 3.63) is 10.9 Å². The molecule has 2 aromatic heterocycles. The second-order valence-corrected chi connectivity index (χ2v) is 6.85. The van der Waals surface area contributed by atoms with E-state index in [0.29, 0.717) is 12.0 Å². The fraction of sp³-hybridized carbons (Fsp3) is 0.571. The maximum atomic E-state index is 4.67. The molecule has 0 fully saturated rings. The van der Waals surface area contributed by atoms with Gasteiger partial charge >= 0.3 is 0 Å². The molecule has 2 heterocycles. The van der Waals surface area contributed by atoms with Crippen LogP contribution < -0.4 is 10.2 Å². The lowest BCUT2D eigenvalue weighted by Crippen LogP contribution is -2.31. The zero-order chi connectivity index (χ0) is 14.7. The predicted octanol–water partition coefficient (Wildman–Crippen LogP) is 3.48. The Morgan fingerprint density at radius 3 is 2.80 bits per heavy atom. The van der Waals surface area contributed by atoms with Gasteiger partial charge in [0.25, 0.3) is 0 Å². The lowest BCUT2D eigenvalue weighted by atomic mass is 10.2. The third-order valence-electron chi connectivity index (χ3n) is 3.40. The summed E-state index contributed by atoms with van der Waals surface area (Å²) in [6.07, 6.45) is 3.18. The zero-order valence-corrected chi connectivity index (χ0v) is 14.4. The van der Waals surface area contributed by atoms with Crippen molar-refractivity contribution in [2.75, 3.05) is 36.3 Å². The van der Waals surface area contributed by atoms with Crippen molar-refractivity contribution < 1.29 is 0 Å². The summed E-state index contributed by atoms with van der Waals surface area (Å²) in [5.41, 5.74) is 0. The topological polar surface area (TPSA) is 41.1 Å². The fourth-order valence-electron chi connectivity index (χ4n) is 2.07. The molecule has 0 bridgehead atoms. The first kappa shape index (κ1) is 15.4. The monoisotopic (exact) mass is 310 g/mol. The first-order valence-electron chi connectivity index (χ1n) is 6.80. The van der Waals surface area contributed by atoms with Crippen LogP contribution in [0.15, 0.2) is 6.07 Å². The van der Waals surface area contributed by atoms with Gasteiger partial charge in [-0.05, 0) is 25.7 Å². The van der Waals surface area contributed by atoms with Crippen LogP contribution in [0.2, 0.25) is 0 Å².